The lowest BCUT2D eigenvalue weighted by molar-refractivity contribution is 0.0583. The number of amides is 1. The van der Waals surface area contributed by atoms with Gasteiger partial charge in [0.05, 0.1) is 7.11 Å². The SMILES string of the molecule is C=CCOc1ccc(C(=O)N2CCCCC2C(C)N)cc1OC. The number of hydrogen-bond donors (Lipinski definition) is 1. The summed E-state index contributed by atoms with van der Waals surface area (Å²) in [6, 6.07) is 5.33. The Hall–Kier alpha value is -2.01. The number of ether oxygens (including phenoxy) is 2. The van der Waals surface area contributed by atoms with E-state index in [1.54, 1.807) is 31.4 Å². The van der Waals surface area contributed by atoms with E-state index in [0.717, 1.165) is 25.8 Å². The van der Waals surface area contributed by atoms with Crippen molar-refractivity contribution < 1.29 is 14.3 Å². The second kappa shape index (κ2) is 8.02. The summed E-state index contributed by atoms with van der Waals surface area (Å²) < 4.78 is 10.9. The first-order valence-electron chi connectivity index (χ1n) is 8.06. The molecule has 23 heavy (non-hydrogen) atoms. The molecular weight excluding hydrogens is 292 g/mol. The van der Waals surface area contributed by atoms with Gasteiger partial charge in [0.2, 0.25) is 0 Å². The Labute approximate surface area is 138 Å². The van der Waals surface area contributed by atoms with Crippen LogP contribution in [0.1, 0.15) is 36.5 Å². The van der Waals surface area contributed by atoms with E-state index in [0.29, 0.717) is 23.7 Å². The van der Waals surface area contributed by atoms with Crippen molar-refractivity contribution in [2.45, 2.75) is 38.3 Å². The monoisotopic (exact) mass is 318 g/mol. The van der Waals surface area contributed by atoms with Crippen LogP contribution >= 0.6 is 0 Å². The van der Waals surface area contributed by atoms with Gasteiger partial charge in [0.15, 0.2) is 11.5 Å². The molecule has 0 aromatic heterocycles. The van der Waals surface area contributed by atoms with Gasteiger partial charge in [0.25, 0.3) is 5.91 Å². The summed E-state index contributed by atoms with van der Waals surface area (Å²) in [4.78, 5) is 14.8. The molecule has 0 bridgehead atoms. The van der Waals surface area contributed by atoms with Gasteiger partial charge in [0.1, 0.15) is 6.61 Å². The summed E-state index contributed by atoms with van der Waals surface area (Å²) in [5.74, 6) is 1.15. The number of nitrogens with zero attached hydrogens (tertiary/aromatic N) is 1. The van der Waals surface area contributed by atoms with E-state index in [9.17, 15) is 4.79 Å². The van der Waals surface area contributed by atoms with Crippen LogP contribution in [0.5, 0.6) is 11.5 Å². The summed E-state index contributed by atoms with van der Waals surface area (Å²) in [5, 5.41) is 0. The average molecular weight is 318 g/mol. The fraction of sp³-hybridized carbons (Fsp3) is 0.500. The highest BCUT2D eigenvalue weighted by molar-refractivity contribution is 5.95. The van der Waals surface area contributed by atoms with Gasteiger partial charge >= 0.3 is 0 Å². The summed E-state index contributed by atoms with van der Waals surface area (Å²) in [5.41, 5.74) is 6.66. The van der Waals surface area contributed by atoms with Crippen LogP contribution in [0.3, 0.4) is 0 Å². The van der Waals surface area contributed by atoms with E-state index in [-0.39, 0.29) is 18.0 Å². The molecule has 2 atom stereocenters. The fourth-order valence-corrected chi connectivity index (χ4v) is 2.99. The summed E-state index contributed by atoms with van der Waals surface area (Å²) >= 11 is 0. The van der Waals surface area contributed by atoms with Crippen LogP contribution in [-0.4, -0.2) is 43.2 Å². The molecule has 1 aromatic carbocycles. The summed E-state index contributed by atoms with van der Waals surface area (Å²) in [7, 11) is 1.57. The largest absolute Gasteiger partial charge is 0.493 e. The number of rotatable bonds is 6. The van der Waals surface area contributed by atoms with Crippen molar-refractivity contribution in [1.82, 2.24) is 4.90 Å². The Morgan fingerprint density at radius 3 is 2.91 bits per heavy atom. The maximum absolute atomic E-state index is 12.9. The molecule has 0 spiro atoms. The molecule has 126 valence electrons. The highest BCUT2D eigenvalue weighted by Crippen LogP contribution is 2.30. The predicted molar refractivity (Wildman–Crippen MR) is 91.0 cm³/mol. The molecule has 2 unspecified atom stereocenters. The molecule has 1 fully saturated rings. The number of likely N-dealkylation sites (tertiary alicyclic amines) is 1. The van der Waals surface area contributed by atoms with E-state index in [2.05, 4.69) is 6.58 Å². The van der Waals surface area contributed by atoms with Gasteiger partial charge in [-0.25, -0.2) is 0 Å². The van der Waals surface area contributed by atoms with Crippen LogP contribution in [0.4, 0.5) is 0 Å². The lowest BCUT2D eigenvalue weighted by Gasteiger charge is -2.38. The van der Waals surface area contributed by atoms with E-state index < -0.39 is 0 Å². The van der Waals surface area contributed by atoms with Gasteiger partial charge < -0.3 is 20.1 Å². The van der Waals surface area contributed by atoms with Gasteiger partial charge in [-0.3, -0.25) is 4.79 Å². The van der Waals surface area contributed by atoms with Crippen LogP contribution < -0.4 is 15.2 Å². The lowest BCUT2D eigenvalue weighted by atomic mass is 9.96. The number of benzene rings is 1. The zero-order chi connectivity index (χ0) is 16.8. The zero-order valence-corrected chi connectivity index (χ0v) is 14.0. The quantitative estimate of drug-likeness (QED) is 0.819. The third-order valence-electron chi connectivity index (χ3n) is 4.18. The molecule has 1 saturated heterocycles. The van der Waals surface area contributed by atoms with Crippen molar-refractivity contribution in [3.05, 3.63) is 36.4 Å². The molecule has 1 amide bonds. The number of carbonyl (C=O) groups is 1. The van der Waals surface area contributed by atoms with Crippen LogP contribution in [-0.2, 0) is 0 Å². The first-order valence-corrected chi connectivity index (χ1v) is 8.06. The average Bonchev–Trinajstić information content (AvgIpc) is 2.59. The molecule has 1 aliphatic heterocycles. The van der Waals surface area contributed by atoms with Crippen molar-refractivity contribution in [2.75, 3.05) is 20.3 Å². The molecule has 1 aliphatic rings. The minimum atomic E-state index is -0.0312. The molecule has 0 saturated carbocycles. The zero-order valence-electron chi connectivity index (χ0n) is 14.0. The number of carbonyl (C=O) groups excluding carboxylic acids is 1. The summed E-state index contributed by atoms with van der Waals surface area (Å²) in [6.45, 7) is 6.73. The highest BCUT2D eigenvalue weighted by atomic mass is 16.5. The Bertz CT molecular complexity index is 557. The van der Waals surface area contributed by atoms with E-state index in [1.165, 1.54) is 0 Å². The smallest absolute Gasteiger partial charge is 0.254 e. The predicted octanol–water partition coefficient (Wildman–Crippen LogP) is 2.60. The summed E-state index contributed by atoms with van der Waals surface area (Å²) in [6.07, 6.45) is 4.76. The maximum atomic E-state index is 12.9. The van der Waals surface area contributed by atoms with Crippen LogP contribution in [0, 0.1) is 0 Å². The Balaban J connectivity index is 2.22. The number of hydrogen-bond acceptors (Lipinski definition) is 4. The van der Waals surface area contributed by atoms with Crippen molar-refractivity contribution in [3.8, 4) is 11.5 Å². The minimum Gasteiger partial charge on any atom is -0.493 e. The second-order valence-electron chi connectivity index (χ2n) is 5.89. The molecule has 5 heteroatoms. The van der Waals surface area contributed by atoms with E-state index in [1.807, 2.05) is 11.8 Å². The Morgan fingerprint density at radius 2 is 2.26 bits per heavy atom. The molecular formula is C18H26N2O3. The number of methoxy groups -OCH3 is 1. The standard InChI is InChI=1S/C18H26N2O3/c1-4-11-23-16-9-8-14(12-17(16)22-3)18(21)20-10-6-5-7-15(20)13(2)19/h4,8-9,12-13,15H,1,5-7,10-11,19H2,2-3H3. The Kier molecular flexibility index (Phi) is 6.04. The van der Waals surface area contributed by atoms with Crippen molar-refractivity contribution in [2.24, 2.45) is 5.73 Å². The molecule has 5 nitrogen and oxygen atoms in total. The normalized spacial score (nSPS) is 19.1. The number of piperidine rings is 1. The topological polar surface area (TPSA) is 64.8 Å². The fourth-order valence-electron chi connectivity index (χ4n) is 2.99. The highest BCUT2D eigenvalue weighted by Gasteiger charge is 2.30. The van der Waals surface area contributed by atoms with Gasteiger partial charge in [0, 0.05) is 24.2 Å². The van der Waals surface area contributed by atoms with E-state index >= 15 is 0 Å². The maximum Gasteiger partial charge on any atom is 0.254 e. The third kappa shape index (κ3) is 4.05. The first-order chi connectivity index (χ1) is 11.1. The van der Waals surface area contributed by atoms with Crippen molar-refractivity contribution in [1.29, 1.82) is 0 Å². The second-order valence-corrected chi connectivity index (χ2v) is 5.89. The van der Waals surface area contributed by atoms with Crippen LogP contribution in [0.15, 0.2) is 30.9 Å². The van der Waals surface area contributed by atoms with Gasteiger partial charge in [-0.05, 0) is 44.4 Å². The first kappa shape index (κ1) is 17.3. The van der Waals surface area contributed by atoms with Crippen molar-refractivity contribution >= 4 is 5.91 Å². The molecule has 1 aromatic rings. The van der Waals surface area contributed by atoms with Gasteiger partial charge in [-0.15, -0.1) is 0 Å². The molecule has 0 aliphatic carbocycles. The third-order valence-corrected chi connectivity index (χ3v) is 4.18. The minimum absolute atomic E-state index is 0.000528. The molecule has 1 heterocycles. The number of nitrogens with two attached hydrogens (primary N) is 1. The molecule has 2 rings (SSSR count). The van der Waals surface area contributed by atoms with Gasteiger partial charge in [-0.1, -0.05) is 12.7 Å². The lowest BCUT2D eigenvalue weighted by Crippen LogP contribution is -2.51. The molecule has 0 radical (unpaired) electrons. The van der Waals surface area contributed by atoms with E-state index in [4.69, 9.17) is 15.2 Å². The van der Waals surface area contributed by atoms with Gasteiger partial charge in [-0.2, -0.15) is 0 Å². The van der Waals surface area contributed by atoms with Crippen LogP contribution in [0.25, 0.3) is 0 Å². The Morgan fingerprint density at radius 1 is 1.48 bits per heavy atom. The van der Waals surface area contributed by atoms with Crippen molar-refractivity contribution in [3.63, 3.8) is 0 Å². The molecule has 2 N–H and O–H groups in total. The van der Waals surface area contributed by atoms with Crippen LogP contribution in [0.2, 0.25) is 0 Å².